The summed E-state index contributed by atoms with van der Waals surface area (Å²) in [5, 5.41) is 12.4. The second-order valence-electron chi connectivity index (χ2n) is 3.47. The van der Waals surface area contributed by atoms with Gasteiger partial charge in [-0.15, -0.1) is 0 Å². The molecule has 0 amide bonds. The molecule has 1 saturated heterocycles. The van der Waals surface area contributed by atoms with Gasteiger partial charge in [0.15, 0.2) is 0 Å². The summed E-state index contributed by atoms with van der Waals surface area (Å²) in [6.07, 6.45) is 0.0248. The van der Waals surface area contributed by atoms with Crippen LogP contribution in [0.1, 0.15) is 6.92 Å². The van der Waals surface area contributed by atoms with E-state index in [0.29, 0.717) is 13.1 Å². The fourth-order valence-corrected chi connectivity index (χ4v) is 1.65. The van der Waals surface area contributed by atoms with Crippen LogP contribution in [-0.2, 0) is 4.74 Å². The summed E-state index contributed by atoms with van der Waals surface area (Å²) in [6.45, 7) is 4.76. The van der Waals surface area contributed by atoms with Gasteiger partial charge >= 0.3 is 0 Å². The minimum atomic E-state index is -0.107. The number of aliphatic hydroxyl groups is 1. The van der Waals surface area contributed by atoms with Crippen LogP contribution in [0.25, 0.3) is 10.4 Å². The molecule has 80 valence electrons. The van der Waals surface area contributed by atoms with Gasteiger partial charge in [0.25, 0.3) is 0 Å². The molecule has 0 aliphatic carbocycles. The third-order valence-electron chi connectivity index (χ3n) is 2.19. The molecule has 0 saturated carbocycles. The highest BCUT2D eigenvalue weighted by atomic mass is 16.5. The fraction of sp³-hybridized carbons (Fsp3) is 1.00. The van der Waals surface area contributed by atoms with Crippen LogP contribution in [0.3, 0.4) is 0 Å². The summed E-state index contributed by atoms with van der Waals surface area (Å²) in [7, 11) is 0. The summed E-state index contributed by atoms with van der Waals surface area (Å²) in [6, 6.07) is 0. The predicted molar refractivity (Wildman–Crippen MR) is 51.9 cm³/mol. The summed E-state index contributed by atoms with van der Waals surface area (Å²) >= 11 is 0. The number of morpholine rings is 1. The lowest BCUT2D eigenvalue weighted by Gasteiger charge is -2.35. The zero-order chi connectivity index (χ0) is 10.4. The quantitative estimate of drug-likeness (QED) is 0.404. The second kappa shape index (κ2) is 5.82. The lowest BCUT2D eigenvalue weighted by Crippen LogP contribution is -2.48. The van der Waals surface area contributed by atoms with Crippen molar-refractivity contribution in [1.82, 2.24) is 4.90 Å². The molecule has 0 aromatic rings. The maximum absolute atomic E-state index is 8.96. The number of azide groups is 1. The minimum absolute atomic E-state index is 0.0440. The van der Waals surface area contributed by atoms with Gasteiger partial charge in [-0.3, -0.25) is 4.90 Å². The van der Waals surface area contributed by atoms with E-state index in [9.17, 15) is 0 Å². The Balaban J connectivity index is 2.33. The topological polar surface area (TPSA) is 81.5 Å². The molecule has 6 nitrogen and oxygen atoms in total. The molecule has 1 fully saturated rings. The van der Waals surface area contributed by atoms with Crippen molar-refractivity contribution in [2.45, 2.75) is 19.1 Å². The van der Waals surface area contributed by atoms with Gasteiger partial charge in [0.2, 0.25) is 0 Å². The number of rotatable bonds is 4. The molecule has 1 rings (SSSR count). The van der Waals surface area contributed by atoms with Gasteiger partial charge in [0.1, 0.15) is 0 Å². The van der Waals surface area contributed by atoms with Crippen LogP contribution in [0, 0.1) is 0 Å². The Morgan fingerprint density at radius 1 is 1.64 bits per heavy atom. The molecular formula is C8H16N4O2. The third-order valence-corrected chi connectivity index (χ3v) is 2.19. The Hall–Kier alpha value is -0.810. The molecule has 0 bridgehead atoms. The van der Waals surface area contributed by atoms with E-state index in [1.165, 1.54) is 0 Å². The normalized spacial score (nSPS) is 28.4. The van der Waals surface area contributed by atoms with Crippen molar-refractivity contribution in [3.05, 3.63) is 10.4 Å². The minimum Gasteiger partial charge on any atom is -0.394 e. The van der Waals surface area contributed by atoms with Crippen molar-refractivity contribution in [1.29, 1.82) is 0 Å². The molecule has 2 unspecified atom stereocenters. The zero-order valence-electron chi connectivity index (χ0n) is 8.33. The van der Waals surface area contributed by atoms with Gasteiger partial charge in [-0.05, 0) is 12.5 Å². The molecule has 1 heterocycles. The van der Waals surface area contributed by atoms with E-state index in [0.717, 1.165) is 13.1 Å². The molecule has 6 heteroatoms. The van der Waals surface area contributed by atoms with Crippen LogP contribution in [-0.4, -0.2) is 55.0 Å². The molecule has 2 atom stereocenters. The summed E-state index contributed by atoms with van der Waals surface area (Å²) in [5.74, 6) is 0. The summed E-state index contributed by atoms with van der Waals surface area (Å²) in [5.41, 5.74) is 8.12. The highest BCUT2D eigenvalue weighted by Gasteiger charge is 2.23. The summed E-state index contributed by atoms with van der Waals surface area (Å²) < 4.78 is 5.48. The first-order valence-corrected chi connectivity index (χ1v) is 4.75. The molecule has 0 aromatic heterocycles. The second-order valence-corrected chi connectivity index (χ2v) is 3.47. The predicted octanol–water partition coefficient (Wildman–Crippen LogP) is 0.378. The first-order valence-electron chi connectivity index (χ1n) is 4.75. The van der Waals surface area contributed by atoms with Crippen molar-refractivity contribution in [3.8, 4) is 0 Å². The average molecular weight is 200 g/mol. The zero-order valence-corrected chi connectivity index (χ0v) is 8.33. The van der Waals surface area contributed by atoms with Gasteiger partial charge in [0, 0.05) is 31.1 Å². The summed E-state index contributed by atoms with van der Waals surface area (Å²) in [4.78, 5) is 4.84. The Bertz CT molecular complexity index is 217. The first kappa shape index (κ1) is 11.3. The number of hydrogen-bond donors (Lipinski definition) is 1. The number of ether oxygens (including phenoxy) is 1. The molecule has 0 radical (unpaired) electrons. The molecule has 1 aliphatic heterocycles. The van der Waals surface area contributed by atoms with Crippen LogP contribution >= 0.6 is 0 Å². The number of nitrogens with zero attached hydrogens (tertiary/aromatic N) is 4. The fourth-order valence-electron chi connectivity index (χ4n) is 1.65. The van der Waals surface area contributed by atoms with Crippen molar-refractivity contribution >= 4 is 0 Å². The molecule has 0 spiro atoms. The van der Waals surface area contributed by atoms with E-state index in [2.05, 4.69) is 14.9 Å². The molecule has 1 N–H and O–H groups in total. The molecule has 0 aromatic carbocycles. The molecular weight excluding hydrogens is 184 g/mol. The van der Waals surface area contributed by atoms with Crippen LogP contribution in [0.2, 0.25) is 0 Å². The van der Waals surface area contributed by atoms with Gasteiger partial charge < -0.3 is 9.84 Å². The maximum atomic E-state index is 8.96. The van der Waals surface area contributed by atoms with Crippen molar-refractivity contribution in [2.75, 3.05) is 32.8 Å². The largest absolute Gasteiger partial charge is 0.394 e. The number of hydrogen-bond acceptors (Lipinski definition) is 4. The number of aliphatic hydroxyl groups excluding tert-OH is 1. The smallest absolute Gasteiger partial charge is 0.0936 e. The lowest BCUT2D eigenvalue weighted by molar-refractivity contribution is -0.0942. The van der Waals surface area contributed by atoms with Gasteiger partial charge in [-0.1, -0.05) is 5.11 Å². The van der Waals surface area contributed by atoms with Crippen LogP contribution in [0.5, 0.6) is 0 Å². The third kappa shape index (κ3) is 3.51. The van der Waals surface area contributed by atoms with Crippen LogP contribution < -0.4 is 0 Å². The van der Waals surface area contributed by atoms with Crippen molar-refractivity contribution in [3.63, 3.8) is 0 Å². The molecule has 1 aliphatic rings. The highest BCUT2D eigenvalue weighted by Crippen LogP contribution is 2.10. The Kier molecular flexibility index (Phi) is 4.69. The van der Waals surface area contributed by atoms with E-state index >= 15 is 0 Å². The van der Waals surface area contributed by atoms with Crippen molar-refractivity contribution in [2.24, 2.45) is 5.11 Å². The van der Waals surface area contributed by atoms with Crippen LogP contribution in [0.15, 0.2) is 5.11 Å². The van der Waals surface area contributed by atoms with E-state index < -0.39 is 0 Å². The SMILES string of the molecule is CC1CN(CCN=[N+]=[N-])CC(CO)O1. The highest BCUT2D eigenvalue weighted by molar-refractivity contribution is 4.75. The maximum Gasteiger partial charge on any atom is 0.0936 e. The van der Waals surface area contributed by atoms with Gasteiger partial charge in [0.05, 0.1) is 18.8 Å². The first-order chi connectivity index (χ1) is 6.76. The van der Waals surface area contributed by atoms with E-state index in [4.69, 9.17) is 15.4 Å². The lowest BCUT2D eigenvalue weighted by atomic mass is 10.2. The van der Waals surface area contributed by atoms with Crippen molar-refractivity contribution < 1.29 is 9.84 Å². The van der Waals surface area contributed by atoms with Gasteiger partial charge in [-0.2, -0.15) is 0 Å². The molecule has 14 heavy (non-hydrogen) atoms. The van der Waals surface area contributed by atoms with E-state index in [-0.39, 0.29) is 18.8 Å². The standard InChI is InChI=1S/C8H16N4O2/c1-7-4-12(3-2-10-11-9)5-8(6-13)14-7/h7-8,13H,2-6H2,1H3. The Morgan fingerprint density at radius 3 is 3.07 bits per heavy atom. The Morgan fingerprint density at radius 2 is 2.43 bits per heavy atom. The van der Waals surface area contributed by atoms with E-state index in [1.54, 1.807) is 0 Å². The van der Waals surface area contributed by atoms with Gasteiger partial charge in [-0.25, -0.2) is 0 Å². The average Bonchev–Trinajstić information content (AvgIpc) is 2.17. The van der Waals surface area contributed by atoms with E-state index in [1.807, 2.05) is 6.92 Å². The van der Waals surface area contributed by atoms with Crippen LogP contribution in [0.4, 0.5) is 0 Å². The Labute approximate surface area is 83.1 Å². The monoisotopic (exact) mass is 200 g/mol.